The lowest BCUT2D eigenvalue weighted by Gasteiger charge is -2.20. The summed E-state index contributed by atoms with van der Waals surface area (Å²) >= 11 is 3.04. The fraction of sp³-hybridized carbons (Fsp3) is 0.286. The van der Waals surface area contributed by atoms with Gasteiger partial charge in [0.15, 0.2) is 0 Å². The van der Waals surface area contributed by atoms with Gasteiger partial charge in [-0.1, -0.05) is 12.1 Å². The first kappa shape index (κ1) is 14.4. The average Bonchev–Trinajstić information content (AvgIpc) is 3.05. The van der Waals surface area contributed by atoms with Gasteiger partial charge in [-0.15, -0.1) is 23.1 Å². The SMILES string of the molecule is CN1C(c2csc(-c3ccccc3O)n2)SC[C@H]1C(=O)O. The van der Waals surface area contributed by atoms with Crippen LogP contribution in [0.5, 0.6) is 5.75 Å². The van der Waals surface area contributed by atoms with Crippen LogP contribution in [0.2, 0.25) is 0 Å². The number of thioether (sulfide) groups is 1. The predicted molar refractivity (Wildman–Crippen MR) is 83.6 cm³/mol. The van der Waals surface area contributed by atoms with Gasteiger partial charge in [0.1, 0.15) is 22.2 Å². The third-order valence-corrected chi connectivity index (χ3v) is 5.76. The highest BCUT2D eigenvalue weighted by atomic mass is 32.2. The van der Waals surface area contributed by atoms with Crippen LogP contribution < -0.4 is 0 Å². The van der Waals surface area contributed by atoms with Crippen molar-refractivity contribution in [3.8, 4) is 16.3 Å². The van der Waals surface area contributed by atoms with E-state index in [0.717, 1.165) is 10.7 Å². The van der Waals surface area contributed by atoms with Crippen molar-refractivity contribution >= 4 is 29.1 Å². The molecule has 2 atom stereocenters. The third kappa shape index (κ3) is 2.64. The van der Waals surface area contributed by atoms with Crippen molar-refractivity contribution in [2.75, 3.05) is 12.8 Å². The molecule has 1 aliphatic heterocycles. The van der Waals surface area contributed by atoms with Crippen LogP contribution in [-0.2, 0) is 4.79 Å². The lowest BCUT2D eigenvalue weighted by atomic mass is 10.2. The molecule has 0 spiro atoms. The Morgan fingerprint density at radius 1 is 1.43 bits per heavy atom. The maximum absolute atomic E-state index is 11.2. The van der Waals surface area contributed by atoms with E-state index in [2.05, 4.69) is 4.98 Å². The van der Waals surface area contributed by atoms with Gasteiger partial charge in [-0.05, 0) is 19.2 Å². The van der Waals surface area contributed by atoms with E-state index in [1.807, 2.05) is 29.5 Å². The van der Waals surface area contributed by atoms with Crippen molar-refractivity contribution in [1.82, 2.24) is 9.88 Å². The number of aliphatic carboxylic acids is 1. The highest BCUT2D eigenvalue weighted by Gasteiger charge is 2.37. The van der Waals surface area contributed by atoms with Gasteiger partial charge >= 0.3 is 5.97 Å². The first-order chi connectivity index (χ1) is 10.1. The van der Waals surface area contributed by atoms with Gasteiger partial charge < -0.3 is 10.2 Å². The number of benzene rings is 1. The van der Waals surface area contributed by atoms with Gasteiger partial charge in [-0.3, -0.25) is 9.69 Å². The molecule has 3 rings (SSSR count). The largest absolute Gasteiger partial charge is 0.507 e. The molecule has 0 aliphatic carbocycles. The molecule has 0 radical (unpaired) electrons. The van der Waals surface area contributed by atoms with Crippen molar-refractivity contribution < 1.29 is 15.0 Å². The minimum atomic E-state index is -0.802. The van der Waals surface area contributed by atoms with E-state index in [1.54, 1.807) is 23.9 Å². The number of hydrogen-bond acceptors (Lipinski definition) is 6. The zero-order valence-electron chi connectivity index (χ0n) is 11.3. The Bertz CT molecular complexity index is 674. The van der Waals surface area contributed by atoms with Crippen molar-refractivity contribution in [2.45, 2.75) is 11.4 Å². The van der Waals surface area contributed by atoms with Crippen molar-refractivity contribution in [1.29, 1.82) is 0 Å². The monoisotopic (exact) mass is 322 g/mol. The van der Waals surface area contributed by atoms with Crippen molar-refractivity contribution in [3.05, 3.63) is 35.3 Å². The molecule has 0 bridgehead atoms. The summed E-state index contributed by atoms with van der Waals surface area (Å²) in [6, 6.07) is 6.60. The van der Waals surface area contributed by atoms with Crippen LogP contribution >= 0.6 is 23.1 Å². The maximum atomic E-state index is 11.2. The Morgan fingerprint density at radius 3 is 2.86 bits per heavy atom. The van der Waals surface area contributed by atoms with Crippen molar-refractivity contribution in [3.63, 3.8) is 0 Å². The fourth-order valence-electron chi connectivity index (χ4n) is 2.30. The van der Waals surface area contributed by atoms with E-state index in [4.69, 9.17) is 5.11 Å². The van der Waals surface area contributed by atoms with Crippen LogP contribution in [0, 0.1) is 0 Å². The highest BCUT2D eigenvalue weighted by Crippen LogP contribution is 2.42. The van der Waals surface area contributed by atoms with E-state index in [9.17, 15) is 9.90 Å². The molecule has 21 heavy (non-hydrogen) atoms. The molecule has 1 aromatic carbocycles. The molecule has 5 nitrogen and oxygen atoms in total. The van der Waals surface area contributed by atoms with Gasteiger partial charge in [0.2, 0.25) is 0 Å². The minimum Gasteiger partial charge on any atom is -0.507 e. The smallest absolute Gasteiger partial charge is 0.321 e. The Kier molecular flexibility index (Phi) is 3.88. The van der Waals surface area contributed by atoms with E-state index < -0.39 is 12.0 Å². The number of carbonyl (C=O) groups is 1. The Labute approximate surface area is 130 Å². The molecule has 110 valence electrons. The molecule has 1 fully saturated rings. The molecular weight excluding hydrogens is 308 g/mol. The first-order valence-corrected chi connectivity index (χ1v) is 8.31. The number of nitrogens with zero attached hydrogens (tertiary/aromatic N) is 2. The van der Waals surface area contributed by atoms with Crippen LogP contribution in [0.25, 0.3) is 10.6 Å². The summed E-state index contributed by atoms with van der Waals surface area (Å²) in [6.07, 6.45) is 0. The van der Waals surface area contributed by atoms with E-state index in [1.165, 1.54) is 11.3 Å². The number of para-hydroxylation sites is 1. The number of carboxylic acids is 1. The zero-order valence-corrected chi connectivity index (χ0v) is 12.9. The molecule has 0 amide bonds. The quantitative estimate of drug-likeness (QED) is 0.905. The summed E-state index contributed by atoms with van der Waals surface area (Å²) < 4.78 is 0. The number of rotatable bonds is 3. The molecular formula is C14H14N2O3S2. The maximum Gasteiger partial charge on any atom is 0.321 e. The average molecular weight is 322 g/mol. The standard InChI is InChI=1S/C14H14N2O3S2/c1-16-10(14(18)19)7-21-13(16)9-6-20-12(15-9)8-4-2-3-5-11(8)17/h2-6,10,13,17H,7H2,1H3,(H,18,19)/t10-,13?/m0/s1. The second kappa shape index (κ2) is 5.67. The summed E-state index contributed by atoms with van der Waals surface area (Å²) in [5.41, 5.74) is 1.55. The van der Waals surface area contributed by atoms with Gasteiger partial charge in [0.25, 0.3) is 0 Å². The van der Waals surface area contributed by atoms with Crippen LogP contribution in [0.4, 0.5) is 0 Å². The summed E-state index contributed by atoms with van der Waals surface area (Å²) in [5.74, 6) is -0.0437. The lowest BCUT2D eigenvalue weighted by molar-refractivity contribution is -0.141. The van der Waals surface area contributed by atoms with E-state index >= 15 is 0 Å². The predicted octanol–water partition coefficient (Wildman–Crippen LogP) is 2.65. The number of aromatic hydroxyl groups is 1. The zero-order chi connectivity index (χ0) is 15.0. The molecule has 0 saturated carbocycles. The summed E-state index contributed by atoms with van der Waals surface area (Å²) in [4.78, 5) is 17.6. The summed E-state index contributed by atoms with van der Waals surface area (Å²) in [5, 5.41) is 21.7. The second-order valence-electron chi connectivity index (χ2n) is 4.80. The third-order valence-electron chi connectivity index (χ3n) is 3.47. The Balaban J connectivity index is 1.86. The molecule has 2 N–H and O–H groups in total. The lowest BCUT2D eigenvalue weighted by Crippen LogP contribution is -2.35. The van der Waals surface area contributed by atoms with Gasteiger partial charge in [-0.25, -0.2) is 4.98 Å². The number of aromatic nitrogens is 1. The number of hydrogen-bond donors (Lipinski definition) is 2. The summed E-state index contributed by atoms with van der Waals surface area (Å²) in [7, 11) is 1.81. The molecule has 1 unspecified atom stereocenters. The van der Waals surface area contributed by atoms with E-state index in [-0.39, 0.29) is 11.1 Å². The number of likely N-dealkylation sites (N-methyl/N-ethyl adjacent to an activating group) is 1. The molecule has 2 heterocycles. The number of thiazole rings is 1. The van der Waals surface area contributed by atoms with Crippen LogP contribution in [0.1, 0.15) is 11.1 Å². The van der Waals surface area contributed by atoms with Crippen LogP contribution in [0.3, 0.4) is 0 Å². The van der Waals surface area contributed by atoms with Gasteiger partial charge in [0.05, 0.1) is 11.3 Å². The minimum absolute atomic E-state index is 0.0537. The number of phenolic OH excluding ortho intramolecular Hbond substituents is 1. The topological polar surface area (TPSA) is 73.7 Å². The number of carboxylic acid groups (broad SMARTS) is 1. The number of phenols is 1. The Morgan fingerprint density at radius 2 is 2.19 bits per heavy atom. The molecule has 1 aromatic heterocycles. The molecule has 7 heteroatoms. The van der Waals surface area contributed by atoms with Crippen molar-refractivity contribution in [2.24, 2.45) is 0 Å². The van der Waals surface area contributed by atoms with Gasteiger partial charge in [0, 0.05) is 11.1 Å². The first-order valence-electron chi connectivity index (χ1n) is 6.38. The molecule has 1 aliphatic rings. The van der Waals surface area contributed by atoms with Crippen LogP contribution in [0.15, 0.2) is 29.6 Å². The highest BCUT2D eigenvalue weighted by molar-refractivity contribution is 7.99. The second-order valence-corrected chi connectivity index (χ2v) is 6.77. The molecule has 2 aromatic rings. The molecule has 1 saturated heterocycles. The van der Waals surface area contributed by atoms with E-state index in [0.29, 0.717) is 11.3 Å². The Hall–Kier alpha value is -1.57. The van der Waals surface area contributed by atoms with Gasteiger partial charge in [-0.2, -0.15) is 0 Å². The fourth-order valence-corrected chi connectivity index (χ4v) is 4.67. The summed E-state index contributed by atoms with van der Waals surface area (Å²) in [6.45, 7) is 0. The van der Waals surface area contributed by atoms with Crippen LogP contribution in [-0.4, -0.2) is 44.9 Å². The normalized spacial score (nSPS) is 22.5.